The summed E-state index contributed by atoms with van der Waals surface area (Å²) in [5.41, 5.74) is 2.07. The van der Waals surface area contributed by atoms with Crippen LogP contribution in [-0.4, -0.2) is 26.6 Å². The molecule has 3 aromatic rings. The standard InChI is InChI=1S/C14H12ClFN4O/c1-8-4-3-5-9(16)12(8)20-10(6-15)19-11-13(20)17-7-18-14(11)21-2/h3-5,7H,6H2,1-2H3. The lowest BCUT2D eigenvalue weighted by molar-refractivity contribution is 0.401. The van der Waals surface area contributed by atoms with E-state index in [9.17, 15) is 4.39 Å². The fourth-order valence-electron chi connectivity index (χ4n) is 2.30. The van der Waals surface area contributed by atoms with Crippen molar-refractivity contribution in [1.82, 2.24) is 19.5 Å². The van der Waals surface area contributed by atoms with Crippen molar-refractivity contribution in [2.75, 3.05) is 7.11 Å². The van der Waals surface area contributed by atoms with Crippen LogP contribution in [0.5, 0.6) is 5.88 Å². The van der Waals surface area contributed by atoms with E-state index in [1.54, 1.807) is 10.6 Å². The van der Waals surface area contributed by atoms with Gasteiger partial charge in [0.25, 0.3) is 0 Å². The van der Waals surface area contributed by atoms with Gasteiger partial charge in [-0.15, -0.1) is 11.6 Å². The number of imidazole rings is 1. The van der Waals surface area contributed by atoms with E-state index < -0.39 is 0 Å². The maximum atomic E-state index is 14.3. The smallest absolute Gasteiger partial charge is 0.245 e. The highest BCUT2D eigenvalue weighted by atomic mass is 35.5. The summed E-state index contributed by atoms with van der Waals surface area (Å²) < 4.78 is 21.1. The lowest BCUT2D eigenvalue weighted by Crippen LogP contribution is -2.05. The van der Waals surface area contributed by atoms with E-state index in [0.717, 1.165) is 5.56 Å². The Morgan fingerprint density at radius 3 is 2.81 bits per heavy atom. The third-order valence-electron chi connectivity index (χ3n) is 3.21. The van der Waals surface area contributed by atoms with Crippen LogP contribution in [0.1, 0.15) is 11.4 Å². The van der Waals surface area contributed by atoms with Crippen LogP contribution < -0.4 is 4.74 Å². The van der Waals surface area contributed by atoms with Crippen LogP contribution in [0, 0.1) is 12.7 Å². The monoisotopic (exact) mass is 306 g/mol. The molecule has 0 fully saturated rings. The summed E-state index contributed by atoms with van der Waals surface area (Å²) in [6.45, 7) is 1.82. The summed E-state index contributed by atoms with van der Waals surface area (Å²) in [7, 11) is 1.50. The molecule has 0 bridgehead atoms. The molecule has 2 aromatic heterocycles. The fraction of sp³-hybridized carbons (Fsp3) is 0.214. The highest BCUT2D eigenvalue weighted by Gasteiger charge is 2.20. The molecule has 0 atom stereocenters. The van der Waals surface area contributed by atoms with E-state index >= 15 is 0 Å². The maximum absolute atomic E-state index is 14.3. The van der Waals surface area contributed by atoms with Gasteiger partial charge in [-0.05, 0) is 18.6 Å². The second-order valence-electron chi connectivity index (χ2n) is 4.46. The topological polar surface area (TPSA) is 52.8 Å². The highest BCUT2D eigenvalue weighted by molar-refractivity contribution is 6.17. The van der Waals surface area contributed by atoms with Crippen molar-refractivity contribution < 1.29 is 9.13 Å². The van der Waals surface area contributed by atoms with Crippen LogP contribution in [-0.2, 0) is 5.88 Å². The number of para-hydroxylation sites is 1. The number of benzene rings is 1. The van der Waals surface area contributed by atoms with Gasteiger partial charge in [-0.2, -0.15) is 4.98 Å². The maximum Gasteiger partial charge on any atom is 0.245 e. The third-order valence-corrected chi connectivity index (χ3v) is 3.44. The molecule has 2 heterocycles. The molecule has 0 aliphatic rings. The number of fused-ring (bicyclic) bond motifs is 1. The predicted molar refractivity (Wildman–Crippen MR) is 77.5 cm³/mol. The molecule has 0 saturated carbocycles. The normalized spacial score (nSPS) is 11.0. The Hall–Kier alpha value is -2.21. The quantitative estimate of drug-likeness (QED) is 0.698. The molecule has 0 amide bonds. The Morgan fingerprint density at radius 1 is 1.33 bits per heavy atom. The number of ether oxygens (including phenoxy) is 1. The molecule has 0 unspecified atom stereocenters. The number of methoxy groups -OCH3 is 1. The molecular formula is C14H12ClFN4O. The van der Waals surface area contributed by atoms with E-state index in [1.165, 1.54) is 19.5 Å². The average molecular weight is 307 g/mol. The minimum atomic E-state index is -0.363. The van der Waals surface area contributed by atoms with Gasteiger partial charge in [0.1, 0.15) is 18.0 Å². The van der Waals surface area contributed by atoms with Gasteiger partial charge in [0.05, 0.1) is 18.7 Å². The van der Waals surface area contributed by atoms with Crippen LogP contribution in [0.15, 0.2) is 24.5 Å². The molecule has 0 aliphatic carbocycles. The molecule has 0 spiro atoms. The number of hydrogen-bond acceptors (Lipinski definition) is 4. The van der Waals surface area contributed by atoms with Gasteiger partial charge < -0.3 is 4.74 Å². The van der Waals surface area contributed by atoms with E-state index in [1.807, 2.05) is 13.0 Å². The highest BCUT2D eigenvalue weighted by Crippen LogP contribution is 2.28. The summed E-state index contributed by atoms with van der Waals surface area (Å²) in [4.78, 5) is 12.6. The first-order valence-electron chi connectivity index (χ1n) is 6.25. The van der Waals surface area contributed by atoms with Crippen molar-refractivity contribution in [2.24, 2.45) is 0 Å². The average Bonchev–Trinajstić information content (AvgIpc) is 2.86. The number of aromatic nitrogens is 4. The number of hydrogen-bond donors (Lipinski definition) is 0. The molecule has 7 heteroatoms. The number of nitrogens with zero attached hydrogens (tertiary/aromatic N) is 4. The number of rotatable bonds is 3. The van der Waals surface area contributed by atoms with Crippen molar-refractivity contribution in [1.29, 1.82) is 0 Å². The zero-order chi connectivity index (χ0) is 15.0. The summed E-state index contributed by atoms with van der Waals surface area (Å²) in [5.74, 6) is 0.573. The second kappa shape index (κ2) is 5.29. The molecule has 0 N–H and O–H groups in total. The molecule has 108 valence electrons. The molecule has 0 aliphatic heterocycles. The van der Waals surface area contributed by atoms with Crippen molar-refractivity contribution in [3.05, 3.63) is 41.7 Å². The van der Waals surface area contributed by atoms with Crippen LogP contribution in [0.3, 0.4) is 0 Å². The Bertz CT molecular complexity index is 798. The zero-order valence-electron chi connectivity index (χ0n) is 11.5. The van der Waals surface area contributed by atoms with Crippen LogP contribution in [0.2, 0.25) is 0 Å². The minimum Gasteiger partial charge on any atom is -0.479 e. The van der Waals surface area contributed by atoms with Gasteiger partial charge in [-0.1, -0.05) is 12.1 Å². The van der Waals surface area contributed by atoms with Gasteiger partial charge in [0.2, 0.25) is 5.88 Å². The van der Waals surface area contributed by atoms with Crippen LogP contribution >= 0.6 is 11.6 Å². The summed E-state index contributed by atoms with van der Waals surface area (Å²) in [6.07, 6.45) is 1.35. The van der Waals surface area contributed by atoms with Gasteiger partial charge in [-0.25, -0.2) is 14.4 Å². The van der Waals surface area contributed by atoms with Gasteiger partial charge in [0.15, 0.2) is 11.2 Å². The summed E-state index contributed by atoms with van der Waals surface area (Å²) >= 11 is 5.96. The fourth-order valence-corrected chi connectivity index (χ4v) is 2.48. The third kappa shape index (κ3) is 2.12. The SMILES string of the molecule is COc1ncnc2c1nc(CCl)n2-c1c(C)cccc1F. The van der Waals surface area contributed by atoms with Crippen molar-refractivity contribution in [3.63, 3.8) is 0 Å². The van der Waals surface area contributed by atoms with Gasteiger partial charge >= 0.3 is 0 Å². The lowest BCUT2D eigenvalue weighted by atomic mass is 10.2. The van der Waals surface area contributed by atoms with E-state index in [2.05, 4.69) is 15.0 Å². The van der Waals surface area contributed by atoms with E-state index in [4.69, 9.17) is 16.3 Å². The second-order valence-corrected chi connectivity index (χ2v) is 4.72. The number of halogens is 2. The molecule has 3 rings (SSSR count). The van der Waals surface area contributed by atoms with Gasteiger partial charge in [-0.3, -0.25) is 4.57 Å². The first-order valence-corrected chi connectivity index (χ1v) is 6.78. The molecule has 21 heavy (non-hydrogen) atoms. The Balaban J connectivity index is 2.42. The van der Waals surface area contributed by atoms with Crippen LogP contribution in [0.4, 0.5) is 4.39 Å². The lowest BCUT2D eigenvalue weighted by Gasteiger charge is -2.11. The summed E-state index contributed by atoms with van der Waals surface area (Å²) in [5, 5.41) is 0. The number of aryl methyl sites for hydroxylation is 1. The first-order chi connectivity index (χ1) is 10.2. The van der Waals surface area contributed by atoms with E-state index in [0.29, 0.717) is 28.6 Å². The number of alkyl halides is 1. The Kier molecular flexibility index (Phi) is 3.47. The molecular weight excluding hydrogens is 295 g/mol. The zero-order valence-corrected chi connectivity index (χ0v) is 12.2. The molecule has 0 radical (unpaired) electrons. The largest absolute Gasteiger partial charge is 0.479 e. The summed E-state index contributed by atoms with van der Waals surface area (Å²) in [6, 6.07) is 4.87. The van der Waals surface area contributed by atoms with Crippen molar-refractivity contribution in [2.45, 2.75) is 12.8 Å². The first kappa shape index (κ1) is 13.8. The molecule has 1 aromatic carbocycles. The predicted octanol–water partition coefficient (Wildman–Crippen LogP) is 3.01. The van der Waals surface area contributed by atoms with Crippen molar-refractivity contribution >= 4 is 22.8 Å². The Morgan fingerprint density at radius 2 is 2.14 bits per heavy atom. The minimum absolute atomic E-state index is 0.118. The van der Waals surface area contributed by atoms with E-state index in [-0.39, 0.29) is 11.7 Å². The molecule has 0 saturated heterocycles. The molecule has 5 nitrogen and oxygen atoms in total. The van der Waals surface area contributed by atoms with Gasteiger partial charge in [0, 0.05) is 0 Å². The Labute approximate surface area is 125 Å². The van der Waals surface area contributed by atoms with Crippen LogP contribution in [0.25, 0.3) is 16.9 Å². The van der Waals surface area contributed by atoms with Crippen molar-refractivity contribution in [3.8, 4) is 11.6 Å².